The van der Waals surface area contributed by atoms with E-state index >= 15 is 0 Å². The largest absolute Gasteiger partial charge is 0.324 e. The number of carbonyl (C=O) groups excluding carboxylic acids is 2. The molecule has 130 valence electrons. The van der Waals surface area contributed by atoms with E-state index in [9.17, 15) is 14.0 Å². The summed E-state index contributed by atoms with van der Waals surface area (Å²) in [5, 5.41) is -0.0627. The van der Waals surface area contributed by atoms with Crippen LogP contribution in [0.2, 0.25) is 5.02 Å². The summed E-state index contributed by atoms with van der Waals surface area (Å²) >= 11 is 5.89. The van der Waals surface area contributed by atoms with Gasteiger partial charge in [0.15, 0.2) is 0 Å². The van der Waals surface area contributed by atoms with Crippen molar-refractivity contribution >= 4 is 29.1 Å². The Morgan fingerprint density at radius 3 is 2.72 bits per heavy atom. The molecule has 2 aromatic carbocycles. The summed E-state index contributed by atoms with van der Waals surface area (Å²) in [6.07, 6.45) is 1.26. The van der Waals surface area contributed by atoms with Crippen LogP contribution in [0.5, 0.6) is 0 Å². The van der Waals surface area contributed by atoms with Crippen molar-refractivity contribution in [3.05, 3.63) is 64.4 Å². The molecule has 1 heterocycles. The lowest BCUT2D eigenvalue weighted by molar-refractivity contribution is -0.127. The van der Waals surface area contributed by atoms with Gasteiger partial charge in [-0.3, -0.25) is 14.5 Å². The molecule has 0 N–H and O–H groups in total. The number of hydrogen-bond acceptors (Lipinski definition) is 2. The van der Waals surface area contributed by atoms with Gasteiger partial charge in [-0.05, 0) is 43.7 Å². The van der Waals surface area contributed by atoms with Crippen LogP contribution < -0.4 is 4.90 Å². The number of hydrogen-bond donors (Lipinski definition) is 0. The quantitative estimate of drug-likeness (QED) is 0.826. The van der Waals surface area contributed by atoms with Crippen molar-refractivity contribution in [3.8, 4) is 0 Å². The van der Waals surface area contributed by atoms with Crippen LogP contribution in [-0.2, 0) is 4.79 Å². The summed E-state index contributed by atoms with van der Waals surface area (Å²) in [5.41, 5.74) is 1.92. The summed E-state index contributed by atoms with van der Waals surface area (Å²) in [6, 6.07) is 11.3. The van der Waals surface area contributed by atoms with Crippen molar-refractivity contribution in [1.82, 2.24) is 4.90 Å². The summed E-state index contributed by atoms with van der Waals surface area (Å²) in [5.74, 6) is -0.799. The minimum Gasteiger partial charge on any atom is -0.324 e. The van der Waals surface area contributed by atoms with E-state index in [0.717, 1.165) is 12.0 Å². The monoisotopic (exact) mass is 360 g/mol. The van der Waals surface area contributed by atoms with Gasteiger partial charge in [-0.1, -0.05) is 29.3 Å². The minimum absolute atomic E-state index is 0.00949. The van der Waals surface area contributed by atoms with Crippen molar-refractivity contribution in [3.63, 3.8) is 0 Å². The molecule has 0 aromatic heterocycles. The number of benzene rings is 2. The highest BCUT2D eigenvalue weighted by Gasteiger charge is 2.26. The van der Waals surface area contributed by atoms with E-state index < -0.39 is 5.82 Å². The maximum atomic E-state index is 13.5. The van der Waals surface area contributed by atoms with Gasteiger partial charge in [0.2, 0.25) is 5.91 Å². The Bertz CT molecular complexity index is 825. The molecule has 0 bridgehead atoms. The SMILES string of the molecule is Cc1cccc(C(=O)N(CN2CCCC2=O)c2ccc(F)c(Cl)c2)c1. The number of halogens is 2. The highest BCUT2D eigenvalue weighted by atomic mass is 35.5. The number of carbonyl (C=O) groups is 2. The van der Waals surface area contributed by atoms with E-state index in [1.54, 1.807) is 23.1 Å². The van der Waals surface area contributed by atoms with E-state index in [-0.39, 0.29) is 23.5 Å². The molecule has 0 aliphatic carbocycles. The zero-order valence-corrected chi connectivity index (χ0v) is 14.6. The second-order valence-corrected chi connectivity index (χ2v) is 6.51. The van der Waals surface area contributed by atoms with Gasteiger partial charge >= 0.3 is 0 Å². The Kier molecular flexibility index (Phi) is 5.04. The maximum absolute atomic E-state index is 13.5. The standard InChI is InChI=1S/C19H18ClFN2O2/c1-13-4-2-5-14(10-13)19(25)23(12-22-9-3-6-18(22)24)15-7-8-17(21)16(20)11-15/h2,4-5,7-8,10-11H,3,6,9,12H2,1H3. The molecule has 0 radical (unpaired) electrons. The van der Waals surface area contributed by atoms with Crippen LogP contribution in [0.25, 0.3) is 0 Å². The molecule has 0 saturated carbocycles. The maximum Gasteiger partial charge on any atom is 0.259 e. The zero-order valence-electron chi connectivity index (χ0n) is 13.8. The Labute approximate surface area is 150 Å². The molecule has 1 aliphatic rings. The van der Waals surface area contributed by atoms with Crippen molar-refractivity contribution in [2.45, 2.75) is 19.8 Å². The summed E-state index contributed by atoms with van der Waals surface area (Å²) in [7, 11) is 0. The van der Waals surface area contributed by atoms with Gasteiger partial charge < -0.3 is 4.90 Å². The zero-order chi connectivity index (χ0) is 18.0. The molecule has 6 heteroatoms. The van der Waals surface area contributed by atoms with Crippen LogP contribution >= 0.6 is 11.6 Å². The lowest BCUT2D eigenvalue weighted by Gasteiger charge is -2.28. The molecule has 1 fully saturated rings. The van der Waals surface area contributed by atoms with Crippen LogP contribution in [0.3, 0.4) is 0 Å². The molecule has 0 unspecified atom stereocenters. The van der Waals surface area contributed by atoms with Gasteiger partial charge in [0.05, 0.1) is 5.02 Å². The first kappa shape index (κ1) is 17.4. The van der Waals surface area contributed by atoms with Crippen molar-refractivity contribution in [2.24, 2.45) is 0 Å². The van der Waals surface area contributed by atoms with E-state index in [2.05, 4.69) is 0 Å². The second kappa shape index (κ2) is 7.23. The number of likely N-dealkylation sites (tertiary alicyclic amines) is 1. The smallest absolute Gasteiger partial charge is 0.259 e. The molecule has 2 amide bonds. The molecule has 2 aromatic rings. The summed E-state index contributed by atoms with van der Waals surface area (Å²) < 4.78 is 13.5. The Hall–Kier alpha value is -2.40. The third-order valence-corrected chi connectivity index (χ3v) is 4.50. The van der Waals surface area contributed by atoms with Crippen LogP contribution in [-0.4, -0.2) is 29.9 Å². The van der Waals surface area contributed by atoms with E-state index in [0.29, 0.717) is 24.2 Å². The Balaban J connectivity index is 1.96. The third kappa shape index (κ3) is 3.82. The number of rotatable bonds is 4. The average Bonchev–Trinajstić information content (AvgIpc) is 2.99. The normalized spacial score (nSPS) is 14.0. The van der Waals surface area contributed by atoms with Crippen LogP contribution in [0.15, 0.2) is 42.5 Å². The van der Waals surface area contributed by atoms with Gasteiger partial charge in [-0.25, -0.2) is 4.39 Å². The van der Waals surface area contributed by atoms with Gasteiger partial charge in [0, 0.05) is 24.2 Å². The van der Waals surface area contributed by atoms with Gasteiger partial charge in [0.25, 0.3) is 5.91 Å². The summed E-state index contributed by atoms with van der Waals surface area (Å²) in [4.78, 5) is 28.1. The lowest BCUT2D eigenvalue weighted by atomic mass is 10.1. The number of amides is 2. The van der Waals surface area contributed by atoms with E-state index in [1.807, 2.05) is 13.0 Å². The predicted molar refractivity (Wildman–Crippen MR) is 95.2 cm³/mol. The number of nitrogens with zero attached hydrogens (tertiary/aromatic N) is 2. The molecule has 1 saturated heterocycles. The first-order valence-corrected chi connectivity index (χ1v) is 8.45. The topological polar surface area (TPSA) is 40.6 Å². The number of anilines is 1. The average molecular weight is 361 g/mol. The molecular weight excluding hydrogens is 343 g/mol. The Morgan fingerprint density at radius 1 is 1.28 bits per heavy atom. The van der Waals surface area contributed by atoms with Crippen molar-refractivity contribution < 1.29 is 14.0 Å². The highest BCUT2D eigenvalue weighted by Crippen LogP contribution is 2.25. The fraction of sp³-hybridized carbons (Fsp3) is 0.263. The number of aryl methyl sites for hydroxylation is 1. The molecular formula is C19H18ClFN2O2. The predicted octanol–water partition coefficient (Wildman–Crippen LogP) is 4.01. The lowest BCUT2D eigenvalue weighted by Crippen LogP contribution is -2.42. The molecule has 0 spiro atoms. The first-order chi connectivity index (χ1) is 12.0. The van der Waals surface area contributed by atoms with Crippen LogP contribution in [0.4, 0.5) is 10.1 Å². The molecule has 3 rings (SSSR count). The third-order valence-electron chi connectivity index (χ3n) is 4.21. The van der Waals surface area contributed by atoms with E-state index in [1.165, 1.54) is 23.1 Å². The van der Waals surface area contributed by atoms with E-state index in [4.69, 9.17) is 11.6 Å². The molecule has 1 aliphatic heterocycles. The van der Waals surface area contributed by atoms with Crippen LogP contribution in [0, 0.1) is 12.7 Å². The highest BCUT2D eigenvalue weighted by molar-refractivity contribution is 6.31. The van der Waals surface area contributed by atoms with Crippen LogP contribution in [0.1, 0.15) is 28.8 Å². The Morgan fingerprint density at radius 2 is 2.08 bits per heavy atom. The molecule has 0 atom stereocenters. The van der Waals surface area contributed by atoms with Crippen molar-refractivity contribution in [2.75, 3.05) is 18.1 Å². The van der Waals surface area contributed by atoms with Crippen molar-refractivity contribution in [1.29, 1.82) is 0 Å². The fourth-order valence-electron chi connectivity index (χ4n) is 2.87. The van der Waals surface area contributed by atoms with Gasteiger partial charge in [-0.15, -0.1) is 0 Å². The van der Waals surface area contributed by atoms with Gasteiger partial charge in [-0.2, -0.15) is 0 Å². The first-order valence-electron chi connectivity index (χ1n) is 8.07. The summed E-state index contributed by atoms with van der Waals surface area (Å²) in [6.45, 7) is 2.62. The molecule has 25 heavy (non-hydrogen) atoms. The molecule has 4 nitrogen and oxygen atoms in total. The van der Waals surface area contributed by atoms with Gasteiger partial charge in [0.1, 0.15) is 12.5 Å². The second-order valence-electron chi connectivity index (χ2n) is 6.10. The minimum atomic E-state index is -0.550. The fourth-order valence-corrected chi connectivity index (χ4v) is 3.05.